The molecule has 19 heavy (non-hydrogen) atoms. The van der Waals surface area contributed by atoms with Gasteiger partial charge in [0.2, 0.25) is 0 Å². The van der Waals surface area contributed by atoms with E-state index in [0.29, 0.717) is 6.04 Å². The molecule has 0 bridgehead atoms. The third kappa shape index (κ3) is 4.92. The Bertz CT molecular complexity index is 244. The van der Waals surface area contributed by atoms with Crippen LogP contribution in [-0.4, -0.2) is 24.8 Å². The molecule has 0 saturated heterocycles. The summed E-state index contributed by atoms with van der Waals surface area (Å²) in [7, 11) is 0. The molecule has 0 aliphatic heterocycles. The Morgan fingerprint density at radius 3 is 2.58 bits per heavy atom. The number of hydrogen-bond donors (Lipinski definition) is 1. The fourth-order valence-corrected chi connectivity index (χ4v) is 3.40. The number of nitrogens with one attached hydrogen (secondary N) is 1. The van der Waals surface area contributed by atoms with Crippen molar-refractivity contribution in [2.45, 2.75) is 77.4 Å². The van der Waals surface area contributed by atoms with E-state index in [9.17, 15) is 0 Å². The van der Waals surface area contributed by atoms with Gasteiger partial charge in [-0.2, -0.15) is 0 Å². The zero-order chi connectivity index (χ0) is 14.1. The van der Waals surface area contributed by atoms with Crippen molar-refractivity contribution < 1.29 is 4.74 Å². The van der Waals surface area contributed by atoms with Crippen molar-refractivity contribution in [2.24, 2.45) is 5.92 Å². The van der Waals surface area contributed by atoms with Gasteiger partial charge in [0.25, 0.3) is 0 Å². The minimum absolute atomic E-state index is 0.0818. The Hall–Kier alpha value is -0.340. The van der Waals surface area contributed by atoms with Crippen LogP contribution in [0.25, 0.3) is 0 Å². The van der Waals surface area contributed by atoms with Gasteiger partial charge in [-0.05, 0) is 64.3 Å². The molecule has 2 heteroatoms. The molecule has 1 aliphatic rings. The summed E-state index contributed by atoms with van der Waals surface area (Å²) >= 11 is 0. The summed E-state index contributed by atoms with van der Waals surface area (Å²) in [5.74, 6) is 0.865. The van der Waals surface area contributed by atoms with Gasteiger partial charge in [-0.3, -0.25) is 0 Å². The smallest absolute Gasteiger partial charge is 0.0834 e. The first-order valence-corrected chi connectivity index (χ1v) is 8.16. The van der Waals surface area contributed by atoms with Gasteiger partial charge in [0.15, 0.2) is 0 Å². The lowest BCUT2D eigenvalue weighted by molar-refractivity contribution is -0.0977. The monoisotopic (exact) mass is 267 g/mol. The normalized spacial score (nSPS) is 29.1. The van der Waals surface area contributed by atoms with Gasteiger partial charge in [0.1, 0.15) is 0 Å². The molecule has 112 valence electrons. The molecule has 2 nitrogen and oxygen atoms in total. The molecular weight excluding hydrogens is 234 g/mol. The summed E-state index contributed by atoms with van der Waals surface area (Å²) in [4.78, 5) is 0. The highest BCUT2D eigenvalue weighted by Gasteiger charge is 2.41. The molecule has 1 rings (SSSR count). The van der Waals surface area contributed by atoms with Crippen molar-refractivity contribution >= 4 is 0 Å². The van der Waals surface area contributed by atoms with E-state index in [4.69, 9.17) is 4.74 Å². The van der Waals surface area contributed by atoms with Crippen LogP contribution < -0.4 is 5.32 Å². The maximum absolute atomic E-state index is 6.28. The topological polar surface area (TPSA) is 21.3 Å². The maximum Gasteiger partial charge on any atom is 0.0834 e. The van der Waals surface area contributed by atoms with Crippen LogP contribution in [0.2, 0.25) is 0 Å². The fourth-order valence-electron chi connectivity index (χ4n) is 3.40. The first kappa shape index (κ1) is 16.7. The van der Waals surface area contributed by atoms with Gasteiger partial charge in [-0.15, -0.1) is 6.58 Å². The van der Waals surface area contributed by atoms with Gasteiger partial charge in [-0.25, -0.2) is 0 Å². The summed E-state index contributed by atoms with van der Waals surface area (Å²) < 4.78 is 6.28. The highest BCUT2D eigenvalue weighted by Crippen LogP contribution is 2.38. The van der Waals surface area contributed by atoms with Crippen molar-refractivity contribution in [3.8, 4) is 0 Å². The SMILES string of the molecule is C=CCCCC(NCC)C1(OCC)CCC(C)CC1. The van der Waals surface area contributed by atoms with Crippen LogP contribution in [0.15, 0.2) is 12.7 Å². The number of allylic oxidation sites excluding steroid dienone is 1. The van der Waals surface area contributed by atoms with E-state index in [-0.39, 0.29) is 5.60 Å². The van der Waals surface area contributed by atoms with Gasteiger partial charge in [-0.1, -0.05) is 19.9 Å². The highest BCUT2D eigenvalue weighted by molar-refractivity contribution is 4.96. The third-order valence-electron chi connectivity index (χ3n) is 4.54. The second kappa shape index (κ2) is 8.76. The molecule has 0 heterocycles. The van der Waals surface area contributed by atoms with Gasteiger partial charge >= 0.3 is 0 Å². The Balaban J connectivity index is 2.69. The summed E-state index contributed by atoms with van der Waals surface area (Å²) in [5.41, 5.74) is 0.0818. The average molecular weight is 267 g/mol. The summed E-state index contributed by atoms with van der Waals surface area (Å²) in [5, 5.41) is 3.69. The van der Waals surface area contributed by atoms with Crippen LogP contribution in [0.1, 0.15) is 65.7 Å². The quantitative estimate of drug-likeness (QED) is 0.496. The molecular formula is C17H33NO. The van der Waals surface area contributed by atoms with Gasteiger partial charge in [0, 0.05) is 12.6 Å². The second-order valence-corrected chi connectivity index (χ2v) is 6.01. The first-order valence-electron chi connectivity index (χ1n) is 8.16. The van der Waals surface area contributed by atoms with E-state index in [1.807, 2.05) is 6.08 Å². The third-order valence-corrected chi connectivity index (χ3v) is 4.54. The van der Waals surface area contributed by atoms with E-state index < -0.39 is 0 Å². The van der Waals surface area contributed by atoms with Crippen molar-refractivity contribution in [2.75, 3.05) is 13.2 Å². The molecule has 0 aromatic rings. The van der Waals surface area contributed by atoms with E-state index in [0.717, 1.165) is 25.5 Å². The van der Waals surface area contributed by atoms with Crippen LogP contribution in [0.3, 0.4) is 0 Å². The molecule has 1 saturated carbocycles. The molecule has 0 radical (unpaired) electrons. The Kier molecular flexibility index (Phi) is 7.70. The Morgan fingerprint density at radius 1 is 1.37 bits per heavy atom. The number of likely N-dealkylation sites (N-methyl/N-ethyl adjacent to an activating group) is 1. The predicted octanol–water partition coefficient (Wildman–Crippen LogP) is 4.31. The number of unbranched alkanes of at least 4 members (excludes halogenated alkanes) is 1. The Labute approximate surface area is 120 Å². The number of hydrogen-bond acceptors (Lipinski definition) is 2. The molecule has 1 N–H and O–H groups in total. The van der Waals surface area contributed by atoms with E-state index in [1.54, 1.807) is 0 Å². The predicted molar refractivity (Wildman–Crippen MR) is 83.5 cm³/mol. The Morgan fingerprint density at radius 2 is 2.05 bits per heavy atom. The average Bonchev–Trinajstić information content (AvgIpc) is 2.41. The van der Waals surface area contributed by atoms with Crippen LogP contribution >= 0.6 is 0 Å². The lowest BCUT2D eigenvalue weighted by Crippen LogP contribution is -2.54. The van der Waals surface area contributed by atoms with Crippen molar-refractivity contribution in [1.82, 2.24) is 5.32 Å². The first-order chi connectivity index (χ1) is 9.18. The largest absolute Gasteiger partial charge is 0.374 e. The highest BCUT2D eigenvalue weighted by atomic mass is 16.5. The minimum Gasteiger partial charge on any atom is -0.374 e. The number of ether oxygens (including phenoxy) is 1. The molecule has 0 spiro atoms. The van der Waals surface area contributed by atoms with Crippen molar-refractivity contribution in [1.29, 1.82) is 0 Å². The standard InChI is InChI=1S/C17H33NO/c1-5-8-9-10-16(18-6-2)17(19-7-3)13-11-15(4)12-14-17/h5,15-16,18H,1,6-14H2,2-4H3. The van der Waals surface area contributed by atoms with Crippen LogP contribution in [-0.2, 0) is 4.74 Å². The number of rotatable bonds is 9. The van der Waals surface area contributed by atoms with Crippen LogP contribution in [0.5, 0.6) is 0 Å². The van der Waals surface area contributed by atoms with E-state index in [1.165, 1.54) is 38.5 Å². The molecule has 1 unspecified atom stereocenters. The summed E-state index contributed by atoms with van der Waals surface area (Å²) in [6.07, 6.45) is 10.6. The summed E-state index contributed by atoms with van der Waals surface area (Å²) in [6.45, 7) is 12.4. The van der Waals surface area contributed by atoms with Gasteiger partial charge in [0.05, 0.1) is 5.60 Å². The second-order valence-electron chi connectivity index (χ2n) is 6.01. The summed E-state index contributed by atoms with van der Waals surface area (Å²) in [6, 6.07) is 0.505. The lowest BCUT2D eigenvalue weighted by atomic mass is 9.74. The van der Waals surface area contributed by atoms with E-state index in [2.05, 4.69) is 32.7 Å². The van der Waals surface area contributed by atoms with Gasteiger partial charge < -0.3 is 10.1 Å². The van der Waals surface area contributed by atoms with Crippen molar-refractivity contribution in [3.63, 3.8) is 0 Å². The molecule has 1 fully saturated rings. The maximum atomic E-state index is 6.28. The molecule has 0 aromatic carbocycles. The molecule has 1 aliphatic carbocycles. The van der Waals surface area contributed by atoms with E-state index >= 15 is 0 Å². The van der Waals surface area contributed by atoms with Crippen LogP contribution in [0, 0.1) is 5.92 Å². The molecule has 0 amide bonds. The lowest BCUT2D eigenvalue weighted by Gasteiger charge is -2.45. The molecule has 1 atom stereocenters. The zero-order valence-electron chi connectivity index (χ0n) is 13.2. The molecule has 0 aromatic heterocycles. The zero-order valence-corrected chi connectivity index (χ0v) is 13.2. The van der Waals surface area contributed by atoms with Crippen molar-refractivity contribution in [3.05, 3.63) is 12.7 Å². The minimum atomic E-state index is 0.0818. The van der Waals surface area contributed by atoms with Crippen LogP contribution in [0.4, 0.5) is 0 Å². The fraction of sp³-hybridized carbons (Fsp3) is 0.882.